The van der Waals surface area contributed by atoms with Crippen LogP contribution >= 0.6 is 22.7 Å². The maximum Gasteiger partial charge on any atom is 0.162 e. The molecule has 4 nitrogen and oxygen atoms in total. The maximum atomic E-state index is 4.84. The van der Waals surface area contributed by atoms with Gasteiger partial charge in [0.2, 0.25) is 0 Å². The van der Waals surface area contributed by atoms with Crippen molar-refractivity contribution in [3.8, 4) is 11.4 Å². The summed E-state index contributed by atoms with van der Waals surface area (Å²) in [5.41, 5.74) is 3.09. The van der Waals surface area contributed by atoms with Crippen molar-refractivity contribution >= 4 is 39.4 Å². The zero-order chi connectivity index (χ0) is 16.5. The maximum absolute atomic E-state index is 4.84. The topological polar surface area (TPSA) is 41.9 Å². The molecule has 0 radical (unpaired) electrons. The molecular formula is C18H16N4S2. The van der Waals surface area contributed by atoms with Gasteiger partial charge in [0.05, 0.1) is 12.1 Å². The van der Waals surface area contributed by atoms with Crippen LogP contribution in [0.3, 0.4) is 0 Å². The predicted octanol–water partition coefficient (Wildman–Crippen LogP) is 4.76. The van der Waals surface area contributed by atoms with Gasteiger partial charge in [-0.1, -0.05) is 12.1 Å². The highest BCUT2D eigenvalue weighted by Gasteiger charge is 2.14. The van der Waals surface area contributed by atoms with Gasteiger partial charge in [-0.2, -0.15) is 11.3 Å². The van der Waals surface area contributed by atoms with Crippen LogP contribution in [-0.2, 0) is 6.54 Å². The number of para-hydroxylation sites is 1. The van der Waals surface area contributed by atoms with E-state index in [0.717, 1.165) is 45.4 Å². The first-order chi connectivity index (χ1) is 11.7. The summed E-state index contributed by atoms with van der Waals surface area (Å²) in [5, 5.41) is 8.37. The summed E-state index contributed by atoms with van der Waals surface area (Å²) in [5.74, 6) is 1.71. The molecular weight excluding hydrogens is 336 g/mol. The summed E-state index contributed by atoms with van der Waals surface area (Å²) in [6.07, 6.45) is 0. The molecule has 0 spiro atoms. The second kappa shape index (κ2) is 6.30. The molecule has 0 atom stereocenters. The Kier molecular flexibility index (Phi) is 4.00. The highest BCUT2D eigenvalue weighted by atomic mass is 32.1. The van der Waals surface area contributed by atoms with Gasteiger partial charge in [-0.3, -0.25) is 0 Å². The van der Waals surface area contributed by atoms with Gasteiger partial charge in [0.15, 0.2) is 5.82 Å². The zero-order valence-corrected chi connectivity index (χ0v) is 15.1. The monoisotopic (exact) mass is 352 g/mol. The Morgan fingerprint density at radius 1 is 1.04 bits per heavy atom. The van der Waals surface area contributed by atoms with Crippen molar-refractivity contribution in [2.75, 3.05) is 11.9 Å². The van der Waals surface area contributed by atoms with Crippen LogP contribution in [0.25, 0.3) is 22.3 Å². The molecule has 4 rings (SSSR count). The minimum Gasteiger partial charge on any atom is -0.352 e. The first kappa shape index (κ1) is 15.2. The van der Waals surface area contributed by atoms with Crippen LogP contribution in [-0.4, -0.2) is 22.0 Å². The Balaban J connectivity index is 1.80. The second-order valence-corrected chi connectivity index (χ2v) is 7.36. The SMILES string of the molecule is Cc1csc(CN(C)c2nc(-c3ccsc3)nc3ccccc23)n1. The molecule has 0 saturated heterocycles. The van der Waals surface area contributed by atoms with E-state index < -0.39 is 0 Å². The van der Waals surface area contributed by atoms with Gasteiger partial charge in [-0.15, -0.1) is 11.3 Å². The molecule has 0 N–H and O–H groups in total. The first-order valence-corrected chi connectivity index (χ1v) is 9.44. The van der Waals surface area contributed by atoms with Crippen molar-refractivity contribution in [2.24, 2.45) is 0 Å². The average Bonchev–Trinajstić information content (AvgIpc) is 3.25. The molecule has 24 heavy (non-hydrogen) atoms. The minimum atomic E-state index is 0.739. The van der Waals surface area contributed by atoms with Crippen molar-refractivity contribution in [1.29, 1.82) is 0 Å². The van der Waals surface area contributed by atoms with Crippen LogP contribution in [0.1, 0.15) is 10.7 Å². The summed E-state index contributed by atoms with van der Waals surface area (Å²) in [6, 6.07) is 10.2. The average molecular weight is 352 g/mol. The largest absolute Gasteiger partial charge is 0.352 e. The smallest absolute Gasteiger partial charge is 0.162 e. The normalized spacial score (nSPS) is 11.1. The molecule has 6 heteroatoms. The third-order valence-corrected chi connectivity index (χ3v) is 5.40. The number of hydrogen-bond acceptors (Lipinski definition) is 6. The van der Waals surface area contributed by atoms with Gasteiger partial charge in [-0.25, -0.2) is 15.0 Å². The van der Waals surface area contributed by atoms with Crippen LogP contribution < -0.4 is 4.90 Å². The number of anilines is 1. The quantitative estimate of drug-likeness (QED) is 0.531. The Labute approximate surface area is 148 Å². The van der Waals surface area contributed by atoms with Crippen LogP contribution in [0.2, 0.25) is 0 Å². The van der Waals surface area contributed by atoms with Crippen molar-refractivity contribution in [1.82, 2.24) is 15.0 Å². The van der Waals surface area contributed by atoms with Crippen LogP contribution in [0.4, 0.5) is 5.82 Å². The third-order valence-electron chi connectivity index (χ3n) is 3.76. The van der Waals surface area contributed by atoms with Crippen molar-refractivity contribution in [3.05, 3.63) is 57.2 Å². The molecule has 0 fully saturated rings. The number of thiazole rings is 1. The Bertz CT molecular complexity index is 976. The van der Waals surface area contributed by atoms with E-state index in [1.54, 1.807) is 22.7 Å². The fourth-order valence-corrected chi connectivity index (χ4v) is 4.08. The van der Waals surface area contributed by atoms with E-state index in [-0.39, 0.29) is 0 Å². The van der Waals surface area contributed by atoms with Crippen molar-refractivity contribution < 1.29 is 0 Å². The summed E-state index contributed by atoms with van der Waals surface area (Å²) in [4.78, 5) is 16.3. The highest BCUT2D eigenvalue weighted by molar-refractivity contribution is 7.09. The fraction of sp³-hybridized carbons (Fsp3) is 0.167. The Morgan fingerprint density at radius 3 is 2.67 bits per heavy atom. The highest BCUT2D eigenvalue weighted by Crippen LogP contribution is 2.28. The van der Waals surface area contributed by atoms with Gasteiger partial charge >= 0.3 is 0 Å². The van der Waals surface area contributed by atoms with Crippen LogP contribution in [0, 0.1) is 6.92 Å². The molecule has 1 aromatic carbocycles. The zero-order valence-electron chi connectivity index (χ0n) is 13.4. The van der Waals surface area contributed by atoms with Crippen LogP contribution in [0.15, 0.2) is 46.5 Å². The standard InChI is InChI=1S/C18H16N4S2/c1-12-10-24-16(19-12)9-22(2)18-14-5-3-4-6-15(14)20-17(21-18)13-7-8-23-11-13/h3-8,10-11H,9H2,1-2H3. The van der Waals surface area contributed by atoms with Crippen molar-refractivity contribution in [3.63, 3.8) is 0 Å². The summed E-state index contributed by atoms with van der Waals surface area (Å²) < 4.78 is 0. The van der Waals surface area contributed by atoms with E-state index in [1.165, 1.54) is 0 Å². The van der Waals surface area contributed by atoms with Gasteiger partial charge in [0, 0.05) is 34.5 Å². The van der Waals surface area contributed by atoms with E-state index >= 15 is 0 Å². The predicted molar refractivity (Wildman–Crippen MR) is 102 cm³/mol. The number of fused-ring (bicyclic) bond motifs is 1. The van der Waals surface area contributed by atoms with E-state index in [1.807, 2.05) is 25.1 Å². The Morgan fingerprint density at radius 2 is 1.92 bits per heavy atom. The molecule has 0 saturated carbocycles. The van der Waals surface area contributed by atoms with Gasteiger partial charge in [0.25, 0.3) is 0 Å². The lowest BCUT2D eigenvalue weighted by Gasteiger charge is -2.19. The minimum absolute atomic E-state index is 0.739. The van der Waals surface area contributed by atoms with E-state index in [2.05, 4.69) is 45.2 Å². The van der Waals surface area contributed by atoms with E-state index in [9.17, 15) is 0 Å². The van der Waals surface area contributed by atoms with E-state index in [0.29, 0.717) is 0 Å². The second-order valence-electron chi connectivity index (χ2n) is 5.64. The number of nitrogens with zero attached hydrogens (tertiary/aromatic N) is 4. The number of aromatic nitrogens is 3. The molecule has 0 amide bonds. The number of thiophene rings is 1. The van der Waals surface area contributed by atoms with Gasteiger partial charge in [-0.05, 0) is 30.5 Å². The van der Waals surface area contributed by atoms with Crippen LogP contribution in [0.5, 0.6) is 0 Å². The number of rotatable bonds is 4. The lowest BCUT2D eigenvalue weighted by Crippen LogP contribution is -2.18. The summed E-state index contributed by atoms with van der Waals surface area (Å²) >= 11 is 3.34. The third kappa shape index (κ3) is 2.90. The van der Waals surface area contributed by atoms with Gasteiger partial charge < -0.3 is 4.90 Å². The molecule has 120 valence electrons. The molecule has 0 aliphatic heterocycles. The number of benzene rings is 1. The van der Waals surface area contributed by atoms with E-state index in [4.69, 9.17) is 9.97 Å². The molecule has 3 heterocycles. The number of aryl methyl sites for hydroxylation is 1. The molecule has 0 unspecified atom stereocenters. The number of hydrogen-bond donors (Lipinski definition) is 0. The molecule has 3 aromatic heterocycles. The Hall–Kier alpha value is -2.31. The van der Waals surface area contributed by atoms with Gasteiger partial charge in [0.1, 0.15) is 10.8 Å². The molecule has 0 aliphatic carbocycles. The molecule has 0 bridgehead atoms. The molecule has 0 aliphatic rings. The lowest BCUT2D eigenvalue weighted by molar-refractivity contribution is 0.887. The first-order valence-electron chi connectivity index (χ1n) is 7.62. The fourth-order valence-electron chi connectivity index (χ4n) is 2.62. The summed E-state index contributed by atoms with van der Waals surface area (Å²) in [7, 11) is 2.06. The summed E-state index contributed by atoms with van der Waals surface area (Å²) in [6.45, 7) is 2.76. The molecule has 4 aromatic rings. The lowest BCUT2D eigenvalue weighted by atomic mass is 10.2. The van der Waals surface area contributed by atoms with Crippen molar-refractivity contribution in [2.45, 2.75) is 13.5 Å².